The van der Waals surface area contributed by atoms with Gasteiger partial charge in [0.1, 0.15) is 17.3 Å². The van der Waals surface area contributed by atoms with Gasteiger partial charge in [0.05, 0.1) is 12.7 Å². The van der Waals surface area contributed by atoms with Crippen molar-refractivity contribution in [3.05, 3.63) is 95.8 Å². The highest BCUT2D eigenvalue weighted by atomic mass is 35.5. The van der Waals surface area contributed by atoms with Gasteiger partial charge < -0.3 is 14.8 Å². The van der Waals surface area contributed by atoms with Gasteiger partial charge in [-0.15, -0.1) is 0 Å². The number of hydrogen-bond donors (Lipinski definition) is 1. The van der Waals surface area contributed by atoms with Crippen LogP contribution in [0.1, 0.15) is 5.56 Å². The van der Waals surface area contributed by atoms with E-state index in [1.54, 1.807) is 53.5 Å². The minimum absolute atomic E-state index is 0.132. The zero-order valence-corrected chi connectivity index (χ0v) is 17.2. The fourth-order valence-electron chi connectivity index (χ4n) is 2.79. The van der Waals surface area contributed by atoms with Gasteiger partial charge in [0.15, 0.2) is 6.61 Å². The lowest BCUT2D eigenvalue weighted by molar-refractivity contribution is -0.118. The maximum absolute atomic E-state index is 12.3. The van der Waals surface area contributed by atoms with Gasteiger partial charge in [-0.05, 0) is 48.0 Å². The topological polar surface area (TPSA) is 78.3 Å². The molecule has 0 aliphatic heterocycles. The minimum atomic E-state index is -0.285. The quantitative estimate of drug-likeness (QED) is 0.431. The van der Waals surface area contributed by atoms with Gasteiger partial charge in [0, 0.05) is 23.4 Å². The molecule has 0 aliphatic rings. The highest BCUT2D eigenvalue weighted by Crippen LogP contribution is 2.22. The molecule has 31 heavy (non-hydrogen) atoms. The Morgan fingerprint density at radius 2 is 1.71 bits per heavy atom. The first kappa shape index (κ1) is 20.4. The molecule has 2 heterocycles. The molecule has 2 aromatic carbocycles. The molecule has 0 saturated carbocycles. The van der Waals surface area contributed by atoms with E-state index in [0.29, 0.717) is 34.8 Å². The van der Waals surface area contributed by atoms with Crippen LogP contribution in [0.3, 0.4) is 0 Å². The first-order valence-corrected chi connectivity index (χ1v) is 9.91. The largest absolute Gasteiger partial charge is 0.484 e. The molecule has 0 spiro atoms. The van der Waals surface area contributed by atoms with Crippen LogP contribution < -0.4 is 14.8 Å². The van der Waals surface area contributed by atoms with E-state index in [4.69, 9.17) is 21.1 Å². The Morgan fingerprint density at radius 1 is 0.935 bits per heavy atom. The van der Waals surface area contributed by atoms with Crippen LogP contribution in [0.2, 0.25) is 5.02 Å². The van der Waals surface area contributed by atoms with Crippen LogP contribution in [-0.2, 0) is 11.3 Å². The second kappa shape index (κ2) is 9.77. The third-order valence-electron chi connectivity index (χ3n) is 4.28. The molecule has 0 atom stereocenters. The molecule has 7 nitrogen and oxygen atoms in total. The molecule has 4 rings (SSSR count). The molecular formula is C23H19ClN4O3. The maximum atomic E-state index is 12.3. The van der Waals surface area contributed by atoms with Crippen molar-refractivity contribution < 1.29 is 14.3 Å². The van der Waals surface area contributed by atoms with E-state index in [2.05, 4.69) is 15.4 Å². The summed E-state index contributed by atoms with van der Waals surface area (Å²) in [5.41, 5.74) is 1.02. The molecule has 1 amide bonds. The number of pyridine rings is 1. The highest BCUT2D eigenvalue weighted by molar-refractivity contribution is 6.30. The van der Waals surface area contributed by atoms with Gasteiger partial charge in [-0.3, -0.25) is 4.79 Å². The lowest BCUT2D eigenvalue weighted by atomic mass is 10.2. The van der Waals surface area contributed by atoms with Crippen molar-refractivity contribution in [3.8, 4) is 17.4 Å². The summed E-state index contributed by atoms with van der Waals surface area (Å²) >= 11 is 5.92. The predicted octanol–water partition coefficient (Wildman–Crippen LogP) is 4.79. The zero-order valence-electron chi connectivity index (χ0n) is 16.4. The van der Waals surface area contributed by atoms with Gasteiger partial charge >= 0.3 is 0 Å². The number of aromatic nitrogens is 3. The Labute approximate surface area is 184 Å². The fraction of sp³-hybridized carbons (Fsp3) is 0.0870. The van der Waals surface area contributed by atoms with Crippen molar-refractivity contribution >= 4 is 23.3 Å². The van der Waals surface area contributed by atoms with E-state index in [-0.39, 0.29) is 12.5 Å². The van der Waals surface area contributed by atoms with E-state index < -0.39 is 0 Å². The Kier molecular flexibility index (Phi) is 6.44. The molecule has 2 aromatic heterocycles. The molecule has 0 radical (unpaired) electrons. The van der Waals surface area contributed by atoms with Crippen LogP contribution in [0.15, 0.2) is 85.2 Å². The molecule has 0 fully saturated rings. The number of nitrogens with one attached hydrogen (secondary N) is 1. The summed E-state index contributed by atoms with van der Waals surface area (Å²) in [4.78, 5) is 16.4. The number of ether oxygens (including phenoxy) is 2. The average molecular weight is 435 g/mol. The van der Waals surface area contributed by atoms with Gasteiger partial charge in [-0.25, -0.2) is 9.67 Å². The van der Waals surface area contributed by atoms with E-state index in [0.717, 1.165) is 5.56 Å². The number of hydrogen-bond acceptors (Lipinski definition) is 5. The lowest BCUT2D eigenvalue weighted by Gasteiger charge is -2.10. The summed E-state index contributed by atoms with van der Waals surface area (Å²) in [5.74, 6) is 1.99. The summed E-state index contributed by atoms with van der Waals surface area (Å²) in [6, 6.07) is 21.6. The molecule has 156 valence electrons. The number of halogens is 1. The van der Waals surface area contributed by atoms with E-state index in [1.165, 1.54) is 0 Å². The second-order valence-corrected chi connectivity index (χ2v) is 7.02. The van der Waals surface area contributed by atoms with Gasteiger partial charge in [-0.1, -0.05) is 29.8 Å². The number of carbonyl (C=O) groups is 1. The SMILES string of the molecule is O=C(COc1ccc(Oc2ccccn2)cc1)Nc1ccnn1Cc1ccc(Cl)cc1. The zero-order chi connectivity index (χ0) is 21.5. The summed E-state index contributed by atoms with van der Waals surface area (Å²) in [5, 5.41) is 7.74. The van der Waals surface area contributed by atoms with Gasteiger partial charge in [0.2, 0.25) is 5.88 Å². The average Bonchev–Trinajstić information content (AvgIpc) is 3.22. The number of benzene rings is 2. The first-order valence-electron chi connectivity index (χ1n) is 9.53. The maximum Gasteiger partial charge on any atom is 0.263 e. The van der Waals surface area contributed by atoms with Crippen LogP contribution in [0, 0.1) is 0 Å². The molecule has 0 unspecified atom stereocenters. The second-order valence-electron chi connectivity index (χ2n) is 6.58. The smallest absolute Gasteiger partial charge is 0.263 e. The molecule has 1 N–H and O–H groups in total. The van der Waals surface area contributed by atoms with Crippen molar-refractivity contribution in [2.75, 3.05) is 11.9 Å². The summed E-state index contributed by atoms with van der Waals surface area (Å²) in [6.45, 7) is 0.380. The van der Waals surface area contributed by atoms with Crippen molar-refractivity contribution in [1.29, 1.82) is 0 Å². The van der Waals surface area contributed by atoms with Crippen LogP contribution in [0.5, 0.6) is 17.4 Å². The van der Waals surface area contributed by atoms with E-state index >= 15 is 0 Å². The fourth-order valence-corrected chi connectivity index (χ4v) is 2.91. The predicted molar refractivity (Wildman–Crippen MR) is 118 cm³/mol. The molecule has 0 bridgehead atoms. The standard InChI is InChI=1S/C23H19ClN4O3/c24-18-6-4-17(5-7-18)15-28-21(12-14-26-28)27-22(29)16-30-19-8-10-20(11-9-19)31-23-3-1-2-13-25-23/h1-14H,15-16H2,(H,27,29). The molecular weight excluding hydrogens is 416 g/mol. The van der Waals surface area contributed by atoms with Crippen LogP contribution in [-0.4, -0.2) is 27.3 Å². The van der Waals surface area contributed by atoms with E-state index in [1.807, 2.05) is 36.4 Å². The molecule has 0 saturated heterocycles. The third kappa shape index (κ3) is 5.83. The summed E-state index contributed by atoms with van der Waals surface area (Å²) < 4.78 is 12.9. The van der Waals surface area contributed by atoms with Crippen molar-refractivity contribution in [2.24, 2.45) is 0 Å². The molecule has 4 aromatic rings. The Balaban J connectivity index is 1.29. The Hall–Kier alpha value is -3.84. The Morgan fingerprint density at radius 3 is 2.45 bits per heavy atom. The van der Waals surface area contributed by atoms with Gasteiger partial charge in [0.25, 0.3) is 5.91 Å². The summed E-state index contributed by atoms with van der Waals surface area (Å²) in [6.07, 6.45) is 3.29. The van der Waals surface area contributed by atoms with Crippen molar-refractivity contribution in [2.45, 2.75) is 6.54 Å². The van der Waals surface area contributed by atoms with Crippen LogP contribution >= 0.6 is 11.6 Å². The first-order chi connectivity index (χ1) is 15.2. The monoisotopic (exact) mass is 434 g/mol. The normalized spacial score (nSPS) is 10.5. The highest BCUT2D eigenvalue weighted by Gasteiger charge is 2.09. The number of amides is 1. The number of anilines is 1. The third-order valence-corrected chi connectivity index (χ3v) is 4.54. The number of nitrogens with zero attached hydrogens (tertiary/aromatic N) is 3. The van der Waals surface area contributed by atoms with Crippen molar-refractivity contribution in [1.82, 2.24) is 14.8 Å². The minimum Gasteiger partial charge on any atom is -0.484 e. The molecule has 8 heteroatoms. The van der Waals surface area contributed by atoms with E-state index in [9.17, 15) is 4.79 Å². The van der Waals surface area contributed by atoms with Gasteiger partial charge in [-0.2, -0.15) is 5.10 Å². The number of carbonyl (C=O) groups excluding carboxylic acids is 1. The lowest BCUT2D eigenvalue weighted by Crippen LogP contribution is -2.22. The van der Waals surface area contributed by atoms with Crippen LogP contribution in [0.4, 0.5) is 5.82 Å². The summed E-state index contributed by atoms with van der Waals surface area (Å²) in [7, 11) is 0. The number of rotatable bonds is 8. The van der Waals surface area contributed by atoms with Crippen LogP contribution in [0.25, 0.3) is 0 Å². The molecule has 0 aliphatic carbocycles. The Bertz CT molecular complexity index is 1130. The van der Waals surface area contributed by atoms with Crippen molar-refractivity contribution in [3.63, 3.8) is 0 Å².